The zero-order valence-corrected chi connectivity index (χ0v) is 18.0. The number of aryl methyl sites for hydroxylation is 1. The number of imidazole rings is 1. The van der Waals surface area contributed by atoms with Gasteiger partial charge in [0.25, 0.3) is 0 Å². The second-order valence-electron chi connectivity index (χ2n) is 7.50. The van der Waals surface area contributed by atoms with Crippen molar-refractivity contribution in [3.05, 3.63) is 114 Å². The molecule has 160 valence electrons. The minimum absolute atomic E-state index is 0.277. The molecule has 0 aliphatic carbocycles. The second kappa shape index (κ2) is 9.43. The third kappa shape index (κ3) is 4.67. The summed E-state index contributed by atoms with van der Waals surface area (Å²) in [6.07, 6.45) is 5.64. The van der Waals surface area contributed by atoms with E-state index in [4.69, 9.17) is 4.74 Å². The van der Waals surface area contributed by atoms with Gasteiger partial charge in [-0.3, -0.25) is 0 Å². The van der Waals surface area contributed by atoms with Gasteiger partial charge < -0.3 is 9.30 Å². The number of benzene rings is 3. The van der Waals surface area contributed by atoms with Gasteiger partial charge >= 0.3 is 5.97 Å². The van der Waals surface area contributed by atoms with Crippen LogP contribution in [0.2, 0.25) is 0 Å². The van der Waals surface area contributed by atoms with Crippen molar-refractivity contribution in [3.63, 3.8) is 0 Å². The molecule has 0 radical (unpaired) electrons. The van der Waals surface area contributed by atoms with Gasteiger partial charge in [0.15, 0.2) is 0 Å². The summed E-state index contributed by atoms with van der Waals surface area (Å²) in [4.78, 5) is 16.6. The Kier molecular flexibility index (Phi) is 6.26. The third-order valence-corrected chi connectivity index (χ3v) is 5.35. The van der Waals surface area contributed by atoms with Gasteiger partial charge in [-0.25, -0.2) is 14.2 Å². The quantitative estimate of drug-likeness (QED) is 0.279. The van der Waals surface area contributed by atoms with Crippen LogP contribution in [0, 0.1) is 12.7 Å². The van der Waals surface area contributed by atoms with Crippen LogP contribution in [0.15, 0.2) is 85.3 Å². The first-order valence-corrected chi connectivity index (χ1v) is 10.3. The lowest BCUT2D eigenvalue weighted by Gasteiger charge is -2.13. The molecule has 0 fully saturated rings. The SMILES string of the molecule is COC(=O)c1ccc(C=C(Cn2cncc2C)c2ccc(F)cc2)cc1-c1ccccc1. The molecule has 0 unspecified atom stereocenters. The molecule has 0 amide bonds. The number of nitrogens with zero attached hydrogens (tertiary/aromatic N) is 2. The topological polar surface area (TPSA) is 44.1 Å². The lowest BCUT2D eigenvalue weighted by Crippen LogP contribution is -2.04. The maximum Gasteiger partial charge on any atom is 0.338 e. The zero-order chi connectivity index (χ0) is 22.5. The van der Waals surface area contributed by atoms with Crippen LogP contribution in [0.4, 0.5) is 4.39 Å². The number of allylic oxidation sites excluding steroid dienone is 1. The first kappa shape index (κ1) is 21.2. The highest BCUT2D eigenvalue weighted by molar-refractivity contribution is 5.98. The molecule has 4 nitrogen and oxygen atoms in total. The largest absolute Gasteiger partial charge is 0.465 e. The summed E-state index contributed by atoms with van der Waals surface area (Å²) in [5.41, 5.74) is 6.09. The summed E-state index contributed by atoms with van der Waals surface area (Å²) >= 11 is 0. The van der Waals surface area contributed by atoms with E-state index < -0.39 is 0 Å². The average molecular weight is 426 g/mol. The second-order valence-corrected chi connectivity index (χ2v) is 7.50. The van der Waals surface area contributed by atoms with Gasteiger partial charge in [0, 0.05) is 18.4 Å². The van der Waals surface area contributed by atoms with Crippen LogP contribution in [0.5, 0.6) is 0 Å². The van der Waals surface area contributed by atoms with Gasteiger partial charge in [-0.15, -0.1) is 0 Å². The van der Waals surface area contributed by atoms with Crippen LogP contribution in [0.25, 0.3) is 22.8 Å². The molecular formula is C27H23FN2O2. The number of carbonyl (C=O) groups excluding carboxylic acids is 1. The normalized spacial score (nSPS) is 11.4. The predicted octanol–water partition coefficient (Wildman–Crippen LogP) is 6.03. The Balaban J connectivity index is 1.82. The number of methoxy groups -OCH3 is 1. The Bertz CT molecular complexity index is 1260. The molecule has 4 aromatic rings. The van der Waals surface area contributed by atoms with Crippen molar-refractivity contribution in [3.8, 4) is 11.1 Å². The summed E-state index contributed by atoms with van der Waals surface area (Å²) < 4.78 is 20.6. The maximum atomic E-state index is 13.5. The number of halogens is 1. The van der Waals surface area contributed by atoms with E-state index in [0.29, 0.717) is 12.1 Å². The van der Waals surface area contributed by atoms with E-state index in [9.17, 15) is 9.18 Å². The van der Waals surface area contributed by atoms with Gasteiger partial charge in [-0.1, -0.05) is 48.5 Å². The van der Waals surface area contributed by atoms with Crippen molar-refractivity contribution in [1.82, 2.24) is 9.55 Å². The summed E-state index contributed by atoms with van der Waals surface area (Å²) in [5, 5.41) is 0. The van der Waals surface area contributed by atoms with E-state index in [-0.39, 0.29) is 11.8 Å². The molecule has 0 saturated carbocycles. The van der Waals surface area contributed by atoms with Gasteiger partial charge in [0.1, 0.15) is 5.82 Å². The summed E-state index contributed by atoms with van der Waals surface area (Å²) in [7, 11) is 1.38. The molecular weight excluding hydrogens is 403 g/mol. The molecule has 4 rings (SSSR count). The number of hydrogen-bond donors (Lipinski definition) is 0. The van der Waals surface area contributed by atoms with Crippen molar-refractivity contribution in [1.29, 1.82) is 0 Å². The molecule has 0 saturated heterocycles. The molecule has 0 aliphatic rings. The minimum atomic E-state index is -0.382. The van der Waals surface area contributed by atoms with Crippen LogP contribution >= 0.6 is 0 Å². The summed E-state index contributed by atoms with van der Waals surface area (Å²) in [6.45, 7) is 2.57. The highest BCUT2D eigenvalue weighted by Crippen LogP contribution is 2.28. The molecule has 5 heteroatoms. The molecule has 0 N–H and O–H groups in total. The molecule has 0 atom stereocenters. The van der Waals surface area contributed by atoms with E-state index in [2.05, 4.69) is 11.1 Å². The van der Waals surface area contributed by atoms with Gasteiger partial charge in [0.05, 0.1) is 19.0 Å². The van der Waals surface area contributed by atoms with E-state index in [0.717, 1.165) is 33.5 Å². The molecule has 3 aromatic carbocycles. The smallest absolute Gasteiger partial charge is 0.338 e. The molecule has 0 aliphatic heterocycles. The Morgan fingerprint density at radius 1 is 1.06 bits per heavy atom. The molecule has 1 heterocycles. The maximum absolute atomic E-state index is 13.5. The number of rotatable bonds is 6. The van der Waals surface area contributed by atoms with Gasteiger partial charge in [-0.05, 0) is 65.1 Å². The van der Waals surface area contributed by atoms with E-state index >= 15 is 0 Å². The molecule has 0 spiro atoms. The molecule has 0 bridgehead atoms. The predicted molar refractivity (Wildman–Crippen MR) is 124 cm³/mol. The first-order valence-electron chi connectivity index (χ1n) is 10.3. The molecule has 1 aromatic heterocycles. The minimum Gasteiger partial charge on any atom is -0.465 e. The first-order chi connectivity index (χ1) is 15.5. The van der Waals surface area contributed by atoms with Gasteiger partial charge in [-0.2, -0.15) is 0 Å². The Morgan fingerprint density at radius 3 is 2.47 bits per heavy atom. The van der Waals surface area contributed by atoms with E-state index in [1.165, 1.54) is 19.2 Å². The van der Waals surface area contributed by atoms with Crippen LogP contribution < -0.4 is 0 Å². The fourth-order valence-corrected chi connectivity index (χ4v) is 3.62. The lowest BCUT2D eigenvalue weighted by molar-refractivity contribution is 0.0601. The van der Waals surface area contributed by atoms with Crippen molar-refractivity contribution in [2.24, 2.45) is 0 Å². The van der Waals surface area contributed by atoms with Crippen molar-refractivity contribution in [2.75, 3.05) is 7.11 Å². The number of aromatic nitrogens is 2. The Labute approximate surface area is 186 Å². The highest BCUT2D eigenvalue weighted by Gasteiger charge is 2.14. The number of esters is 1. The summed E-state index contributed by atoms with van der Waals surface area (Å²) in [5.74, 6) is -0.659. The Hall–Kier alpha value is -3.99. The summed E-state index contributed by atoms with van der Waals surface area (Å²) in [6, 6.07) is 21.8. The van der Waals surface area contributed by atoms with Crippen LogP contribution in [0.3, 0.4) is 0 Å². The number of carbonyl (C=O) groups is 1. The Morgan fingerprint density at radius 2 is 1.81 bits per heavy atom. The van der Waals surface area contributed by atoms with Gasteiger partial charge in [0.2, 0.25) is 0 Å². The molecule has 32 heavy (non-hydrogen) atoms. The highest BCUT2D eigenvalue weighted by atomic mass is 19.1. The van der Waals surface area contributed by atoms with Crippen molar-refractivity contribution in [2.45, 2.75) is 13.5 Å². The fraction of sp³-hybridized carbons (Fsp3) is 0.111. The number of ether oxygens (including phenoxy) is 1. The standard InChI is InChI=1S/C27H23FN2O2/c1-19-16-29-18-30(19)17-23(21-9-11-24(28)12-10-21)14-20-8-13-25(27(31)32-2)26(15-20)22-6-4-3-5-7-22/h3-16,18H,17H2,1-2H3. The van der Waals surface area contributed by atoms with Crippen molar-refractivity contribution < 1.29 is 13.9 Å². The third-order valence-electron chi connectivity index (χ3n) is 5.35. The monoisotopic (exact) mass is 426 g/mol. The van der Waals surface area contributed by atoms with Crippen LogP contribution in [-0.4, -0.2) is 22.6 Å². The van der Waals surface area contributed by atoms with E-state index in [1.54, 1.807) is 30.7 Å². The average Bonchev–Trinajstić information content (AvgIpc) is 3.23. The fourth-order valence-electron chi connectivity index (χ4n) is 3.62. The van der Waals surface area contributed by atoms with Crippen molar-refractivity contribution >= 4 is 17.6 Å². The van der Waals surface area contributed by atoms with Crippen LogP contribution in [-0.2, 0) is 11.3 Å². The van der Waals surface area contributed by atoms with E-state index in [1.807, 2.05) is 54.0 Å². The zero-order valence-electron chi connectivity index (χ0n) is 18.0. The lowest BCUT2D eigenvalue weighted by atomic mass is 9.95. The number of hydrogen-bond acceptors (Lipinski definition) is 3. The van der Waals surface area contributed by atoms with Crippen LogP contribution in [0.1, 0.15) is 27.2 Å².